The summed E-state index contributed by atoms with van der Waals surface area (Å²) in [6.45, 7) is 15.3. The smallest absolute Gasteiger partial charge is 0.408 e. The van der Waals surface area contributed by atoms with Gasteiger partial charge in [-0.2, -0.15) is 4.98 Å². The Morgan fingerprint density at radius 1 is 0.865 bits per heavy atom. The van der Waals surface area contributed by atoms with Gasteiger partial charge in [-0.25, -0.2) is 9.59 Å². The molecule has 52 heavy (non-hydrogen) atoms. The highest BCUT2D eigenvalue weighted by molar-refractivity contribution is 5.99. The highest BCUT2D eigenvalue weighted by atomic mass is 16.6. The van der Waals surface area contributed by atoms with Crippen LogP contribution in [0.5, 0.6) is 0 Å². The zero-order valence-corrected chi connectivity index (χ0v) is 31.3. The SMILES string of the molecule is CC(C)(C)OC(=O)N[C@@H]1CCc2c(C(N)=NO)cccc21.Cc1ccc(Cc2nc(-c3cccc4c3CC[C@H]4NC(=O)OC(C)(C)C)no2)cc1C. The largest absolute Gasteiger partial charge is 0.444 e. The standard InChI is InChI=1S/C25H29N3O3.C15H21N3O3/c1-15-9-10-17(13-16(15)2)14-22-27-23(28-31-22)20-8-6-7-19-18(20)11-12-21(19)26-24(29)30-25(3,4)5;1-15(2,3)21-14(19)17-12-8-7-9-10(12)5-4-6-11(9)13(16)18-20/h6-10,13,21H,11-12,14H2,1-5H3,(H,26,29);4-6,12,20H,7-8H2,1-3H3,(H2,16,18)(H,17,19)/t21-;12-/m11/s1. The second-order valence-corrected chi connectivity index (χ2v) is 15.3. The monoisotopic (exact) mass is 710 g/mol. The van der Waals surface area contributed by atoms with E-state index >= 15 is 0 Å². The van der Waals surface area contributed by atoms with E-state index in [1.54, 1.807) is 0 Å². The Labute approximate surface area is 305 Å². The first kappa shape index (κ1) is 37.9. The molecule has 4 aromatic rings. The van der Waals surface area contributed by atoms with E-state index in [-0.39, 0.29) is 17.9 Å². The molecule has 12 heteroatoms. The van der Waals surface area contributed by atoms with Crippen LogP contribution in [-0.4, -0.2) is 44.6 Å². The predicted octanol–water partition coefficient (Wildman–Crippen LogP) is 7.75. The number of aromatic nitrogens is 2. The number of carbonyl (C=O) groups excluding carboxylic acids is 2. The number of alkyl carbamates (subject to hydrolysis) is 2. The topological polar surface area (TPSA) is 174 Å². The van der Waals surface area contributed by atoms with Gasteiger partial charge in [-0.15, -0.1) is 0 Å². The quantitative estimate of drug-likeness (QED) is 0.0675. The van der Waals surface area contributed by atoms with Crippen molar-refractivity contribution in [1.29, 1.82) is 0 Å². The van der Waals surface area contributed by atoms with Gasteiger partial charge in [-0.3, -0.25) is 0 Å². The average molecular weight is 711 g/mol. The van der Waals surface area contributed by atoms with Crippen molar-refractivity contribution in [2.75, 3.05) is 0 Å². The second-order valence-electron chi connectivity index (χ2n) is 15.3. The van der Waals surface area contributed by atoms with E-state index in [0.29, 0.717) is 23.7 Å². The molecule has 5 N–H and O–H groups in total. The normalized spacial score (nSPS) is 16.7. The third kappa shape index (κ3) is 9.48. The fourth-order valence-corrected chi connectivity index (χ4v) is 6.54. The summed E-state index contributed by atoms with van der Waals surface area (Å²) in [6.07, 6.45) is 2.96. The molecule has 2 aliphatic carbocycles. The summed E-state index contributed by atoms with van der Waals surface area (Å²) in [6, 6.07) is 17.8. The third-order valence-corrected chi connectivity index (χ3v) is 8.94. The van der Waals surface area contributed by atoms with Crippen molar-refractivity contribution >= 4 is 18.0 Å². The highest BCUT2D eigenvalue weighted by Gasteiger charge is 2.30. The van der Waals surface area contributed by atoms with E-state index < -0.39 is 23.4 Å². The molecule has 0 unspecified atom stereocenters. The number of hydrogen-bond donors (Lipinski definition) is 4. The fourth-order valence-electron chi connectivity index (χ4n) is 6.54. The van der Waals surface area contributed by atoms with Crippen LogP contribution in [-0.2, 0) is 28.7 Å². The van der Waals surface area contributed by atoms with Crippen LogP contribution in [0.15, 0.2) is 64.3 Å². The number of benzene rings is 3. The van der Waals surface area contributed by atoms with Crippen molar-refractivity contribution < 1.29 is 28.8 Å². The highest BCUT2D eigenvalue weighted by Crippen LogP contribution is 2.37. The van der Waals surface area contributed by atoms with Crippen molar-refractivity contribution in [3.63, 3.8) is 0 Å². The van der Waals surface area contributed by atoms with Crippen LogP contribution < -0.4 is 16.4 Å². The van der Waals surface area contributed by atoms with Crippen LogP contribution >= 0.6 is 0 Å². The van der Waals surface area contributed by atoms with Gasteiger partial charge in [0.05, 0.1) is 18.5 Å². The summed E-state index contributed by atoms with van der Waals surface area (Å²) in [5, 5.41) is 22.0. The Morgan fingerprint density at radius 3 is 2.02 bits per heavy atom. The molecule has 0 bridgehead atoms. The number of nitrogens with one attached hydrogen (secondary N) is 2. The van der Waals surface area contributed by atoms with Crippen molar-refractivity contribution in [1.82, 2.24) is 20.8 Å². The number of nitrogens with two attached hydrogens (primary N) is 1. The summed E-state index contributed by atoms with van der Waals surface area (Å²) in [5.41, 5.74) is 14.2. The summed E-state index contributed by atoms with van der Waals surface area (Å²) in [4.78, 5) is 28.8. The van der Waals surface area contributed by atoms with Crippen molar-refractivity contribution in [3.05, 3.63) is 105 Å². The van der Waals surface area contributed by atoms with E-state index in [9.17, 15) is 9.59 Å². The molecule has 0 fully saturated rings. The number of nitrogens with zero attached hydrogens (tertiary/aromatic N) is 3. The van der Waals surface area contributed by atoms with Crippen LogP contribution in [0.25, 0.3) is 11.4 Å². The van der Waals surface area contributed by atoms with E-state index in [0.717, 1.165) is 59.1 Å². The average Bonchev–Trinajstić information content (AvgIpc) is 3.80. The van der Waals surface area contributed by atoms with Gasteiger partial charge >= 0.3 is 12.2 Å². The minimum atomic E-state index is -0.526. The molecule has 12 nitrogen and oxygen atoms in total. The van der Waals surface area contributed by atoms with Gasteiger partial charge in [-0.1, -0.05) is 64.9 Å². The zero-order valence-electron chi connectivity index (χ0n) is 31.3. The maximum absolute atomic E-state index is 12.2. The Morgan fingerprint density at radius 2 is 1.44 bits per heavy atom. The molecular formula is C40H50N6O6. The van der Waals surface area contributed by atoms with E-state index in [2.05, 4.69) is 58.0 Å². The van der Waals surface area contributed by atoms with Crippen LogP contribution in [0.1, 0.15) is 117 Å². The number of hydrogen-bond acceptors (Lipinski definition) is 9. The van der Waals surface area contributed by atoms with Gasteiger partial charge in [-0.05, 0) is 120 Å². The predicted molar refractivity (Wildman–Crippen MR) is 198 cm³/mol. The van der Waals surface area contributed by atoms with E-state index in [1.165, 1.54) is 11.1 Å². The van der Waals surface area contributed by atoms with Crippen molar-refractivity contribution in [2.24, 2.45) is 10.9 Å². The lowest BCUT2D eigenvalue weighted by molar-refractivity contribution is 0.0492. The Bertz CT molecular complexity index is 1950. The minimum absolute atomic E-state index is 0.0771. The molecule has 0 saturated heterocycles. The number of ether oxygens (including phenoxy) is 2. The van der Waals surface area contributed by atoms with Gasteiger partial charge in [0, 0.05) is 11.1 Å². The molecule has 1 aromatic heterocycles. The van der Waals surface area contributed by atoms with Gasteiger partial charge in [0.25, 0.3) is 0 Å². The molecule has 2 amide bonds. The molecule has 2 atom stereocenters. The Hall–Kier alpha value is -5.39. The lowest BCUT2D eigenvalue weighted by Crippen LogP contribution is -2.34. The van der Waals surface area contributed by atoms with Crippen LogP contribution in [0, 0.1) is 13.8 Å². The van der Waals surface area contributed by atoms with Gasteiger partial charge in [0.1, 0.15) is 11.2 Å². The lowest BCUT2D eigenvalue weighted by Gasteiger charge is -2.22. The minimum Gasteiger partial charge on any atom is -0.444 e. The van der Waals surface area contributed by atoms with Gasteiger partial charge in [0.15, 0.2) is 5.84 Å². The number of carbonyl (C=O) groups is 2. The maximum Gasteiger partial charge on any atom is 0.408 e. The first-order valence-corrected chi connectivity index (χ1v) is 17.6. The van der Waals surface area contributed by atoms with Crippen LogP contribution in [0.4, 0.5) is 9.59 Å². The molecule has 0 saturated carbocycles. The van der Waals surface area contributed by atoms with Gasteiger partial charge < -0.3 is 35.6 Å². The molecule has 0 aliphatic heterocycles. The summed E-state index contributed by atoms with van der Waals surface area (Å²) in [5.74, 6) is 1.27. The molecule has 0 radical (unpaired) electrons. The molecular weight excluding hydrogens is 660 g/mol. The van der Waals surface area contributed by atoms with Gasteiger partial charge in [0.2, 0.25) is 11.7 Å². The number of amidine groups is 1. The van der Waals surface area contributed by atoms with Crippen LogP contribution in [0.2, 0.25) is 0 Å². The van der Waals surface area contributed by atoms with Crippen molar-refractivity contribution in [3.8, 4) is 11.4 Å². The molecule has 1 heterocycles. The van der Waals surface area contributed by atoms with Crippen molar-refractivity contribution in [2.45, 2.75) is 111 Å². The number of aryl methyl sites for hydroxylation is 2. The third-order valence-electron chi connectivity index (χ3n) is 8.94. The molecule has 0 spiro atoms. The second kappa shape index (κ2) is 15.5. The maximum atomic E-state index is 12.2. The van der Waals surface area contributed by atoms with E-state index in [1.807, 2.05) is 77.9 Å². The first-order valence-electron chi connectivity index (χ1n) is 17.6. The zero-order chi connectivity index (χ0) is 37.8. The Balaban J connectivity index is 0.000000217. The van der Waals surface area contributed by atoms with E-state index in [4.69, 9.17) is 24.9 Å². The molecule has 3 aromatic carbocycles. The van der Waals surface area contributed by atoms with Crippen LogP contribution in [0.3, 0.4) is 0 Å². The number of amides is 2. The number of rotatable bonds is 6. The summed E-state index contributed by atoms with van der Waals surface area (Å²) in [7, 11) is 0. The number of oxime groups is 1. The lowest BCUT2D eigenvalue weighted by atomic mass is 10.0. The Kier molecular flexibility index (Phi) is 11.3. The summed E-state index contributed by atoms with van der Waals surface area (Å²) >= 11 is 0. The molecule has 6 rings (SSSR count). The first-order chi connectivity index (χ1) is 24.5. The molecule has 276 valence electrons. The number of fused-ring (bicyclic) bond motifs is 2. The molecule has 2 aliphatic rings. The summed E-state index contributed by atoms with van der Waals surface area (Å²) < 4.78 is 16.2. The fraction of sp³-hybridized carbons (Fsp3) is 0.425.